The van der Waals surface area contributed by atoms with E-state index in [1.165, 1.54) is 11.8 Å². The Morgan fingerprint density at radius 1 is 1.29 bits per heavy atom. The van der Waals surface area contributed by atoms with Gasteiger partial charge < -0.3 is 4.90 Å². The van der Waals surface area contributed by atoms with Crippen molar-refractivity contribution in [1.29, 1.82) is 0 Å². The first-order valence-electron chi connectivity index (χ1n) is 6.17. The smallest absolute Gasteiger partial charge is 0.291 e. The Hall–Kier alpha value is -1.19. The van der Waals surface area contributed by atoms with Gasteiger partial charge in [0.05, 0.1) is 6.04 Å². The Morgan fingerprint density at radius 2 is 1.88 bits per heavy atom. The summed E-state index contributed by atoms with van der Waals surface area (Å²) in [7, 11) is 0. The number of amides is 1. The van der Waals surface area contributed by atoms with Crippen LogP contribution in [0.4, 0.5) is 0 Å². The van der Waals surface area contributed by atoms with E-state index in [0.29, 0.717) is 19.4 Å². The van der Waals surface area contributed by atoms with Gasteiger partial charge in [0.15, 0.2) is 5.78 Å². The molecule has 1 unspecified atom stereocenters. The first-order valence-corrected chi connectivity index (χ1v) is 6.17. The van der Waals surface area contributed by atoms with Crippen molar-refractivity contribution in [3.63, 3.8) is 0 Å². The summed E-state index contributed by atoms with van der Waals surface area (Å²) in [5.41, 5.74) is -0.638. The third-order valence-corrected chi connectivity index (χ3v) is 3.68. The third kappa shape index (κ3) is 2.73. The highest BCUT2D eigenvalue weighted by atomic mass is 16.2. The van der Waals surface area contributed by atoms with Crippen molar-refractivity contribution in [2.45, 2.75) is 53.0 Å². The number of rotatable bonds is 4. The molecule has 0 aromatic rings. The zero-order valence-electron chi connectivity index (χ0n) is 11.1. The van der Waals surface area contributed by atoms with Crippen molar-refractivity contribution in [2.24, 2.45) is 5.41 Å². The topological polar surface area (TPSA) is 54.5 Å². The van der Waals surface area contributed by atoms with Crippen LogP contribution in [-0.4, -0.2) is 35.0 Å². The Morgan fingerprint density at radius 3 is 2.35 bits per heavy atom. The number of hydrogen-bond donors (Lipinski definition) is 0. The van der Waals surface area contributed by atoms with Gasteiger partial charge in [-0.2, -0.15) is 0 Å². The van der Waals surface area contributed by atoms with Crippen molar-refractivity contribution < 1.29 is 14.4 Å². The second-order valence-electron chi connectivity index (χ2n) is 5.33. The molecule has 4 heteroatoms. The van der Waals surface area contributed by atoms with Gasteiger partial charge in [-0.05, 0) is 26.2 Å². The van der Waals surface area contributed by atoms with E-state index in [-0.39, 0.29) is 17.6 Å². The van der Waals surface area contributed by atoms with Crippen LogP contribution in [0.2, 0.25) is 0 Å². The molecular formula is C13H21NO3. The molecule has 1 saturated heterocycles. The molecule has 1 aliphatic heterocycles. The van der Waals surface area contributed by atoms with Gasteiger partial charge in [-0.15, -0.1) is 0 Å². The molecule has 1 fully saturated rings. The minimum Gasteiger partial charge on any atom is -0.326 e. The molecular weight excluding hydrogens is 218 g/mol. The summed E-state index contributed by atoms with van der Waals surface area (Å²) in [6.07, 6.45) is 2.10. The van der Waals surface area contributed by atoms with E-state index in [2.05, 4.69) is 0 Å². The fraction of sp³-hybridized carbons (Fsp3) is 0.769. The molecule has 0 bridgehead atoms. The Balaban J connectivity index is 2.83. The van der Waals surface area contributed by atoms with E-state index >= 15 is 0 Å². The van der Waals surface area contributed by atoms with E-state index in [9.17, 15) is 14.4 Å². The second kappa shape index (κ2) is 4.98. The number of hydrogen-bond acceptors (Lipinski definition) is 3. The molecule has 0 N–H and O–H groups in total. The molecule has 0 aliphatic carbocycles. The number of carbonyl (C=O) groups is 3. The molecule has 0 saturated carbocycles. The van der Waals surface area contributed by atoms with Gasteiger partial charge in [0.1, 0.15) is 0 Å². The maximum Gasteiger partial charge on any atom is 0.291 e. The van der Waals surface area contributed by atoms with Crippen molar-refractivity contribution in [3.05, 3.63) is 0 Å². The molecule has 1 heterocycles. The zero-order chi connectivity index (χ0) is 13.2. The van der Waals surface area contributed by atoms with E-state index in [1.54, 1.807) is 13.8 Å². The third-order valence-electron chi connectivity index (χ3n) is 3.68. The number of ketones is 2. The Kier molecular flexibility index (Phi) is 4.07. The maximum atomic E-state index is 12.1. The molecule has 0 radical (unpaired) electrons. The van der Waals surface area contributed by atoms with Crippen LogP contribution in [0, 0.1) is 5.41 Å². The molecule has 1 aliphatic rings. The van der Waals surface area contributed by atoms with E-state index < -0.39 is 11.3 Å². The number of Topliss-reactive ketones (excluding diaryl/α,β-unsaturated/α-hetero) is 2. The zero-order valence-corrected chi connectivity index (χ0v) is 11.1. The quantitative estimate of drug-likeness (QED) is 0.700. The van der Waals surface area contributed by atoms with Crippen molar-refractivity contribution in [1.82, 2.24) is 4.90 Å². The summed E-state index contributed by atoms with van der Waals surface area (Å²) in [4.78, 5) is 37.0. The van der Waals surface area contributed by atoms with Gasteiger partial charge in [-0.1, -0.05) is 20.8 Å². The SMILES string of the molecule is CCC(C)(C)C(=O)C(=O)N1CCCC1C(C)=O. The molecule has 96 valence electrons. The number of nitrogens with zero attached hydrogens (tertiary/aromatic N) is 1. The lowest BCUT2D eigenvalue weighted by molar-refractivity contribution is -0.151. The molecule has 1 amide bonds. The van der Waals surface area contributed by atoms with Crippen molar-refractivity contribution in [2.75, 3.05) is 6.54 Å². The fourth-order valence-electron chi connectivity index (χ4n) is 2.01. The summed E-state index contributed by atoms with van der Waals surface area (Å²) < 4.78 is 0. The van der Waals surface area contributed by atoms with Gasteiger partial charge in [0.2, 0.25) is 5.78 Å². The van der Waals surface area contributed by atoms with Gasteiger partial charge in [0, 0.05) is 12.0 Å². The minimum atomic E-state index is -0.638. The highest BCUT2D eigenvalue weighted by Gasteiger charge is 2.39. The van der Waals surface area contributed by atoms with Crippen molar-refractivity contribution in [3.8, 4) is 0 Å². The average Bonchev–Trinajstić information content (AvgIpc) is 2.75. The van der Waals surface area contributed by atoms with E-state index in [1.807, 2.05) is 6.92 Å². The number of carbonyl (C=O) groups excluding carboxylic acids is 3. The molecule has 17 heavy (non-hydrogen) atoms. The lowest BCUT2D eigenvalue weighted by Gasteiger charge is -2.27. The fourth-order valence-corrected chi connectivity index (χ4v) is 2.01. The lowest BCUT2D eigenvalue weighted by Crippen LogP contribution is -2.46. The molecule has 0 aromatic carbocycles. The van der Waals surface area contributed by atoms with Crippen LogP contribution >= 0.6 is 0 Å². The van der Waals surface area contributed by atoms with E-state index in [0.717, 1.165) is 6.42 Å². The van der Waals surface area contributed by atoms with Gasteiger partial charge in [0.25, 0.3) is 5.91 Å². The first-order chi connectivity index (χ1) is 7.81. The van der Waals surface area contributed by atoms with Crippen LogP contribution in [0.15, 0.2) is 0 Å². The largest absolute Gasteiger partial charge is 0.326 e. The van der Waals surface area contributed by atoms with Crippen LogP contribution in [0.1, 0.15) is 47.0 Å². The Bertz CT molecular complexity index is 347. The van der Waals surface area contributed by atoms with Crippen LogP contribution in [-0.2, 0) is 14.4 Å². The first kappa shape index (κ1) is 13.9. The average molecular weight is 239 g/mol. The predicted octanol–water partition coefficient (Wildman–Crippen LogP) is 1.57. The number of likely N-dealkylation sites (tertiary alicyclic amines) is 1. The normalized spacial score (nSPS) is 20.5. The molecule has 0 spiro atoms. The van der Waals surface area contributed by atoms with Crippen LogP contribution in [0.3, 0.4) is 0 Å². The summed E-state index contributed by atoms with van der Waals surface area (Å²) in [6.45, 7) is 7.43. The standard InChI is InChI=1S/C13H21NO3/c1-5-13(3,4)11(16)12(17)14-8-6-7-10(14)9(2)15/h10H,5-8H2,1-4H3. The molecule has 1 atom stereocenters. The summed E-state index contributed by atoms with van der Waals surface area (Å²) in [5.74, 6) is -0.902. The minimum absolute atomic E-state index is 0.0297. The lowest BCUT2D eigenvalue weighted by atomic mass is 9.84. The maximum absolute atomic E-state index is 12.1. The highest BCUT2D eigenvalue weighted by molar-refractivity contribution is 6.38. The molecule has 1 rings (SSSR count). The van der Waals surface area contributed by atoms with Gasteiger partial charge >= 0.3 is 0 Å². The monoisotopic (exact) mass is 239 g/mol. The predicted molar refractivity (Wildman–Crippen MR) is 64.5 cm³/mol. The van der Waals surface area contributed by atoms with Gasteiger partial charge in [-0.25, -0.2) is 0 Å². The van der Waals surface area contributed by atoms with Crippen LogP contribution in [0.5, 0.6) is 0 Å². The molecule has 4 nitrogen and oxygen atoms in total. The summed E-state index contributed by atoms with van der Waals surface area (Å²) in [6, 6.07) is -0.390. The van der Waals surface area contributed by atoms with Crippen LogP contribution < -0.4 is 0 Å². The molecule has 0 aromatic heterocycles. The van der Waals surface area contributed by atoms with E-state index in [4.69, 9.17) is 0 Å². The summed E-state index contributed by atoms with van der Waals surface area (Å²) >= 11 is 0. The summed E-state index contributed by atoms with van der Waals surface area (Å²) in [5, 5.41) is 0. The second-order valence-corrected chi connectivity index (χ2v) is 5.33. The highest BCUT2D eigenvalue weighted by Crippen LogP contribution is 2.25. The van der Waals surface area contributed by atoms with Crippen LogP contribution in [0.25, 0.3) is 0 Å². The van der Waals surface area contributed by atoms with Gasteiger partial charge in [-0.3, -0.25) is 14.4 Å². The van der Waals surface area contributed by atoms with Crippen molar-refractivity contribution >= 4 is 17.5 Å². The Labute approximate surface area is 102 Å².